The third-order valence-electron chi connectivity index (χ3n) is 3.38. The van der Waals surface area contributed by atoms with E-state index in [1.54, 1.807) is 13.8 Å². The molecule has 122 valence electrons. The van der Waals surface area contributed by atoms with Crippen molar-refractivity contribution in [2.45, 2.75) is 27.7 Å². The van der Waals surface area contributed by atoms with E-state index in [4.69, 9.17) is 27.9 Å². The highest BCUT2D eigenvalue weighted by atomic mass is 35.5. The number of aryl methyl sites for hydroxylation is 4. The zero-order valence-corrected chi connectivity index (χ0v) is 15.0. The van der Waals surface area contributed by atoms with E-state index in [0.717, 1.165) is 16.8 Å². The molecule has 23 heavy (non-hydrogen) atoms. The van der Waals surface area contributed by atoms with Crippen LogP contribution in [0.5, 0.6) is 5.75 Å². The Morgan fingerprint density at radius 1 is 1.13 bits per heavy atom. The Labute approximate surface area is 145 Å². The van der Waals surface area contributed by atoms with Crippen LogP contribution < -0.4 is 10.1 Å². The lowest BCUT2D eigenvalue weighted by Gasteiger charge is -2.14. The zero-order valence-electron chi connectivity index (χ0n) is 13.5. The summed E-state index contributed by atoms with van der Waals surface area (Å²) in [4.78, 5) is 16.3. The van der Waals surface area contributed by atoms with Crippen LogP contribution >= 0.6 is 23.2 Å². The fraction of sp³-hybridized carbons (Fsp3) is 0.294. The second-order valence-electron chi connectivity index (χ2n) is 5.39. The molecule has 1 amide bonds. The number of benzene rings is 1. The summed E-state index contributed by atoms with van der Waals surface area (Å²) < 4.78 is 5.52. The molecule has 2 rings (SSSR count). The minimum absolute atomic E-state index is 0.185. The monoisotopic (exact) mass is 352 g/mol. The van der Waals surface area contributed by atoms with Gasteiger partial charge in [-0.3, -0.25) is 9.78 Å². The van der Waals surface area contributed by atoms with Crippen molar-refractivity contribution in [3.63, 3.8) is 0 Å². The standard InChI is InChI=1S/C17H18Cl2N2O2/c1-9-5-6-10(2)13(7-9)21-14(22)8-23-17-15(18)11(3)20-12(4)16(17)19/h5-7H,8H2,1-4H3,(H,21,22). The molecular formula is C17H18Cl2N2O2. The molecule has 0 unspecified atom stereocenters. The van der Waals surface area contributed by atoms with E-state index in [1.807, 2.05) is 32.0 Å². The molecule has 0 aliphatic rings. The van der Waals surface area contributed by atoms with E-state index in [2.05, 4.69) is 10.3 Å². The van der Waals surface area contributed by atoms with Crippen molar-refractivity contribution in [2.75, 3.05) is 11.9 Å². The minimum Gasteiger partial charge on any atom is -0.480 e. The normalized spacial score (nSPS) is 10.5. The first-order valence-electron chi connectivity index (χ1n) is 7.11. The lowest BCUT2D eigenvalue weighted by molar-refractivity contribution is -0.118. The molecule has 0 atom stereocenters. The molecule has 4 nitrogen and oxygen atoms in total. The molecule has 2 aromatic rings. The lowest BCUT2D eigenvalue weighted by Crippen LogP contribution is -2.21. The molecule has 1 N–H and O–H groups in total. The second-order valence-corrected chi connectivity index (χ2v) is 6.15. The van der Waals surface area contributed by atoms with Crippen molar-refractivity contribution >= 4 is 34.8 Å². The summed E-state index contributed by atoms with van der Waals surface area (Å²) in [6.45, 7) is 7.23. The van der Waals surface area contributed by atoms with Crippen LogP contribution in [-0.4, -0.2) is 17.5 Å². The summed E-state index contributed by atoms with van der Waals surface area (Å²) >= 11 is 12.3. The molecule has 1 aromatic carbocycles. The van der Waals surface area contributed by atoms with Gasteiger partial charge in [-0.15, -0.1) is 0 Å². The molecule has 0 bridgehead atoms. The SMILES string of the molecule is Cc1ccc(C)c(NC(=O)COc2c(Cl)c(C)nc(C)c2Cl)c1. The van der Waals surface area contributed by atoms with E-state index >= 15 is 0 Å². The number of carbonyl (C=O) groups is 1. The Balaban J connectivity index is 2.10. The Hall–Kier alpha value is -1.78. The Kier molecular flexibility index (Phi) is 5.50. The topological polar surface area (TPSA) is 51.2 Å². The lowest BCUT2D eigenvalue weighted by atomic mass is 10.1. The number of hydrogen-bond acceptors (Lipinski definition) is 3. The molecule has 1 heterocycles. The van der Waals surface area contributed by atoms with E-state index < -0.39 is 0 Å². The van der Waals surface area contributed by atoms with Crippen molar-refractivity contribution in [2.24, 2.45) is 0 Å². The van der Waals surface area contributed by atoms with Gasteiger partial charge >= 0.3 is 0 Å². The fourth-order valence-electron chi connectivity index (χ4n) is 2.10. The summed E-state index contributed by atoms with van der Waals surface area (Å²) in [7, 11) is 0. The third-order valence-corrected chi connectivity index (χ3v) is 4.27. The van der Waals surface area contributed by atoms with Crippen LogP contribution in [0.3, 0.4) is 0 Å². The van der Waals surface area contributed by atoms with E-state index in [9.17, 15) is 4.79 Å². The maximum Gasteiger partial charge on any atom is 0.262 e. The highest BCUT2D eigenvalue weighted by molar-refractivity contribution is 6.37. The van der Waals surface area contributed by atoms with Crippen molar-refractivity contribution in [3.8, 4) is 5.75 Å². The van der Waals surface area contributed by atoms with Crippen LogP contribution in [0.1, 0.15) is 22.5 Å². The van der Waals surface area contributed by atoms with Crippen molar-refractivity contribution in [1.82, 2.24) is 4.98 Å². The van der Waals surface area contributed by atoms with Gasteiger partial charge in [0.2, 0.25) is 0 Å². The average molecular weight is 353 g/mol. The number of nitrogens with one attached hydrogen (secondary N) is 1. The van der Waals surface area contributed by atoms with E-state index in [-0.39, 0.29) is 18.3 Å². The molecule has 0 radical (unpaired) electrons. The molecule has 1 aromatic heterocycles. The van der Waals surface area contributed by atoms with Gasteiger partial charge < -0.3 is 10.1 Å². The summed E-state index contributed by atoms with van der Waals surface area (Å²) in [5.74, 6) is 0.00685. The summed E-state index contributed by atoms with van der Waals surface area (Å²) in [6.07, 6.45) is 0. The number of nitrogens with zero attached hydrogens (tertiary/aromatic N) is 1. The molecule has 0 saturated carbocycles. The molecular weight excluding hydrogens is 335 g/mol. The molecule has 0 saturated heterocycles. The second kappa shape index (κ2) is 7.20. The number of ether oxygens (including phenoxy) is 1. The Morgan fingerprint density at radius 3 is 2.35 bits per heavy atom. The number of rotatable bonds is 4. The number of amides is 1. The Morgan fingerprint density at radius 2 is 1.74 bits per heavy atom. The zero-order chi connectivity index (χ0) is 17.1. The van der Waals surface area contributed by atoms with E-state index in [1.165, 1.54) is 0 Å². The predicted octanol–water partition coefficient (Wildman–Crippen LogP) is 4.64. The van der Waals surface area contributed by atoms with Crippen LogP contribution in [0.2, 0.25) is 10.0 Å². The van der Waals surface area contributed by atoms with Gasteiger partial charge in [0, 0.05) is 5.69 Å². The number of aromatic nitrogens is 1. The number of hydrogen-bond donors (Lipinski definition) is 1. The van der Waals surface area contributed by atoms with Gasteiger partial charge in [-0.25, -0.2) is 0 Å². The molecule has 0 aliphatic heterocycles. The van der Waals surface area contributed by atoms with Crippen LogP contribution in [0.4, 0.5) is 5.69 Å². The number of halogens is 2. The summed E-state index contributed by atoms with van der Waals surface area (Å²) in [6, 6.07) is 5.85. The van der Waals surface area contributed by atoms with Crippen LogP contribution in [0.25, 0.3) is 0 Å². The summed E-state index contributed by atoms with van der Waals surface area (Å²) in [5.41, 5.74) is 4.03. The van der Waals surface area contributed by atoms with Crippen molar-refractivity contribution in [1.29, 1.82) is 0 Å². The molecule has 0 fully saturated rings. The third kappa shape index (κ3) is 4.15. The average Bonchev–Trinajstić information content (AvgIpc) is 2.49. The van der Waals surface area contributed by atoms with Crippen LogP contribution in [0.15, 0.2) is 18.2 Å². The smallest absolute Gasteiger partial charge is 0.262 e. The van der Waals surface area contributed by atoms with Crippen molar-refractivity contribution in [3.05, 3.63) is 50.8 Å². The molecule has 0 aliphatic carbocycles. The minimum atomic E-state index is -0.280. The first kappa shape index (κ1) is 17.6. The quantitative estimate of drug-likeness (QED) is 0.871. The number of carbonyl (C=O) groups excluding carboxylic acids is 1. The first-order chi connectivity index (χ1) is 10.8. The highest BCUT2D eigenvalue weighted by Crippen LogP contribution is 2.36. The largest absolute Gasteiger partial charge is 0.480 e. The molecule has 6 heteroatoms. The fourth-order valence-corrected chi connectivity index (χ4v) is 2.53. The van der Waals surface area contributed by atoms with Crippen molar-refractivity contribution < 1.29 is 9.53 Å². The van der Waals surface area contributed by atoms with Gasteiger partial charge in [-0.2, -0.15) is 0 Å². The van der Waals surface area contributed by atoms with Gasteiger partial charge in [-0.1, -0.05) is 35.3 Å². The first-order valence-corrected chi connectivity index (χ1v) is 7.87. The van der Waals surface area contributed by atoms with Gasteiger partial charge in [0.05, 0.1) is 11.4 Å². The predicted molar refractivity (Wildman–Crippen MR) is 93.8 cm³/mol. The number of pyridine rings is 1. The van der Waals surface area contributed by atoms with Gasteiger partial charge in [-0.05, 0) is 44.9 Å². The van der Waals surface area contributed by atoms with Gasteiger partial charge in [0.25, 0.3) is 5.91 Å². The summed E-state index contributed by atoms with van der Waals surface area (Å²) in [5, 5.41) is 3.46. The maximum absolute atomic E-state index is 12.1. The highest BCUT2D eigenvalue weighted by Gasteiger charge is 2.16. The van der Waals surface area contributed by atoms with Crippen LogP contribution in [-0.2, 0) is 4.79 Å². The number of anilines is 1. The van der Waals surface area contributed by atoms with E-state index in [0.29, 0.717) is 21.4 Å². The van der Waals surface area contributed by atoms with Crippen LogP contribution in [0, 0.1) is 27.7 Å². The Bertz CT molecular complexity index is 734. The van der Waals surface area contributed by atoms with Gasteiger partial charge in [0.1, 0.15) is 10.0 Å². The molecule has 0 spiro atoms. The van der Waals surface area contributed by atoms with Gasteiger partial charge in [0.15, 0.2) is 12.4 Å². The maximum atomic E-state index is 12.1.